The number of thiazole rings is 1. The summed E-state index contributed by atoms with van der Waals surface area (Å²) in [6, 6.07) is 6.61. The van der Waals surface area contributed by atoms with E-state index in [0.29, 0.717) is 11.7 Å². The minimum absolute atomic E-state index is 0. The first-order chi connectivity index (χ1) is 11.3. The highest BCUT2D eigenvalue weighted by Gasteiger charge is 2.20. The normalized spacial score (nSPS) is 15.7. The van der Waals surface area contributed by atoms with Crippen LogP contribution in [0.15, 0.2) is 23.6 Å². The number of carbonyl (C=O) groups is 1. The molecule has 0 radical (unpaired) electrons. The molecule has 1 heterocycles. The number of fused-ring (bicyclic) bond motifs is 1. The molecule has 0 unspecified atom stereocenters. The molecule has 2 aliphatic carbocycles. The van der Waals surface area contributed by atoms with E-state index in [0.717, 1.165) is 23.7 Å². The maximum Gasteiger partial charge on any atom is 0.240 e. The van der Waals surface area contributed by atoms with Crippen LogP contribution in [0, 0.1) is 5.92 Å². The average Bonchev–Trinajstić information content (AvgIpc) is 3.07. The third-order valence-electron chi connectivity index (χ3n) is 4.56. The molecule has 24 heavy (non-hydrogen) atoms. The highest BCUT2D eigenvalue weighted by Crippen LogP contribution is 2.30. The van der Waals surface area contributed by atoms with Crippen LogP contribution in [0.3, 0.4) is 0 Å². The minimum Gasteiger partial charge on any atom is -0.308 e. The van der Waals surface area contributed by atoms with Gasteiger partial charge < -0.3 is 10.6 Å². The molecule has 0 spiro atoms. The lowest BCUT2D eigenvalue weighted by molar-refractivity contribution is -0.115. The molecule has 2 aromatic rings. The maximum atomic E-state index is 11.9. The van der Waals surface area contributed by atoms with Gasteiger partial charge in [-0.1, -0.05) is 12.1 Å². The zero-order chi connectivity index (χ0) is 15.6. The Labute approximate surface area is 152 Å². The Morgan fingerprint density at radius 2 is 2.08 bits per heavy atom. The maximum absolute atomic E-state index is 11.9. The number of hydrogen-bond donors (Lipinski definition) is 2. The molecular formula is C18H22ClN3OS. The van der Waals surface area contributed by atoms with E-state index in [2.05, 4.69) is 33.8 Å². The van der Waals surface area contributed by atoms with E-state index in [1.807, 2.05) is 5.38 Å². The average molecular weight is 364 g/mol. The number of rotatable bonds is 6. The predicted octanol–water partition coefficient (Wildman–Crippen LogP) is 3.66. The predicted molar refractivity (Wildman–Crippen MR) is 101 cm³/mol. The lowest BCUT2D eigenvalue weighted by Crippen LogP contribution is -2.29. The summed E-state index contributed by atoms with van der Waals surface area (Å²) in [5, 5.41) is 8.78. The van der Waals surface area contributed by atoms with Gasteiger partial charge in [0.15, 0.2) is 5.13 Å². The Balaban J connectivity index is 0.00000169. The lowest BCUT2D eigenvalue weighted by atomic mass is 10.1. The second-order valence-electron chi connectivity index (χ2n) is 6.50. The van der Waals surface area contributed by atoms with Crippen molar-refractivity contribution in [2.75, 3.05) is 18.4 Å². The quantitative estimate of drug-likeness (QED) is 0.823. The van der Waals surface area contributed by atoms with Gasteiger partial charge in [0.05, 0.1) is 12.2 Å². The number of aryl methyl sites for hydroxylation is 2. The number of halogens is 1. The van der Waals surface area contributed by atoms with Crippen LogP contribution in [-0.2, 0) is 17.6 Å². The van der Waals surface area contributed by atoms with Crippen molar-refractivity contribution in [3.05, 3.63) is 34.7 Å². The lowest BCUT2D eigenvalue weighted by Gasteiger charge is -2.04. The number of anilines is 1. The molecule has 2 N–H and O–H groups in total. The molecule has 1 amide bonds. The summed E-state index contributed by atoms with van der Waals surface area (Å²) in [6.07, 6.45) is 6.22. The van der Waals surface area contributed by atoms with Gasteiger partial charge in [-0.05, 0) is 61.8 Å². The van der Waals surface area contributed by atoms with Gasteiger partial charge in [0.25, 0.3) is 0 Å². The van der Waals surface area contributed by atoms with Crippen LogP contribution < -0.4 is 10.6 Å². The highest BCUT2D eigenvalue weighted by atomic mass is 35.5. The summed E-state index contributed by atoms with van der Waals surface area (Å²) in [6.45, 7) is 1.32. The number of aromatic nitrogens is 1. The molecule has 4 rings (SSSR count). The van der Waals surface area contributed by atoms with Crippen LogP contribution in [0.4, 0.5) is 5.13 Å². The Morgan fingerprint density at radius 3 is 2.92 bits per heavy atom. The van der Waals surface area contributed by atoms with Gasteiger partial charge in [-0.15, -0.1) is 23.7 Å². The molecule has 128 valence electrons. The number of carbonyl (C=O) groups excluding carboxylic acids is 1. The van der Waals surface area contributed by atoms with Crippen molar-refractivity contribution in [3.8, 4) is 11.3 Å². The van der Waals surface area contributed by atoms with E-state index in [9.17, 15) is 4.79 Å². The molecule has 0 atom stereocenters. The van der Waals surface area contributed by atoms with Gasteiger partial charge >= 0.3 is 0 Å². The fraction of sp³-hybridized carbons (Fsp3) is 0.444. The van der Waals surface area contributed by atoms with Crippen LogP contribution in [0.25, 0.3) is 11.3 Å². The molecule has 0 bridgehead atoms. The second-order valence-corrected chi connectivity index (χ2v) is 7.36. The van der Waals surface area contributed by atoms with E-state index in [-0.39, 0.29) is 18.3 Å². The Bertz CT molecular complexity index is 727. The number of amides is 1. The van der Waals surface area contributed by atoms with E-state index in [4.69, 9.17) is 0 Å². The first-order valence-electron chi connectivity index (χ1n) is 8.36. The van der Waals surface area contributed by atoms with Crippen LogP contribution >= 0.6 is 23.7 Å². The van der Waals surface area contributed by atoms with Gasteiger partial charge in [-0.2, -0.15) is 0 Å². The van der Waals surface area contributed by atoms with Crippen molar-refractivity contribution in [2.24, 2.45) is 5.92 Å². The topological polar surface area (TPSA) is 54.0 Å². The first kappa shape index (κ1) is 17.4. The standard InChI is InChI=1S/C18H21N3OS.ClH/c22-17(10-19-9-12-4-5-12)21-18-20-16(11-23-18)15-7-6-13-2-1-3-14(13)8-15;/h6-8,11-12,19H,1-5,9-10H2,(H,20,21,22);1H. The number of hydrogen-bond acceptors (Lipinski definition) is 4. The van der Waals surface area contributed by atoms with Gasteiger partial charge in [-0.3, -0.25) is 4.79 Å². The van der Waals surface area contributed by atoms with Crippen molar-refractivity contribution in [1.82, 2.24) is 10.3 Å². The van der Waals surface area contributed by atoms with Crippen LogP contribution in [0.5, 0.6) is 0 Å². The number of nitrogens with zero attached hydrogens (tertiary/aromatic N) is 1. The summed E-state index contributed by atoms with van der Waals surface area (Å²) >= 11 is 1.49. The van der Waals surface area contributed by atoms with E-state index in [1.54, 1.807) is 0 Å². The van der Waals surface area contributed by atoms with Crippen molar-refractivity contribution < 1.29 is 4.79 Å². The van der Waals surface area contributed by atoms with Gasteiger partial charge in [0, 0.05) is 10.9 Å². The van der Waals surface area contributed by atoms with E-state index in [1.165, 1.54) is 54.6 Å². The van der Waals surface area contributed by atoms with Gasteiger partial charge in [0.1, 0.15) is 0 Å². The van der Waals surface area contributed by atoms with Crippen LogP contribution in [0.1, 0.15) is 30.4 Å². The van der Waals surface area contributed by atoms with E-state index < -0.39 is 0 Å². The third-order valence-corrected chi connectivity index (χ3v) is 5.32. The molecule has 0 aliphatic heterocycles. The van der Waals surface area contributed by atoms with Crippen molar-refractivity contribution >= 4 is 34.8 Å². The second kappa shape index (κ2) is 7.64. The zero-order valence-corrected chi connectivity index (χ0v) is 15.1. The minimum atomic E-state index is -0.0134. The van der Waals surface area contributed by atoms with Crippen molar-refractivity contribution in [2.45, 2.75) is 32.1 Å². The molecule has 2 aliphatic rings. The Hall–Kier alpha value is -1.43. The first-order valence-corrected chi connectivity index (χ1v) is 9.24. The molecule has 1 aromatic carbocycles. The summed E-state index contributed by atoms with van der Waals surface area (Å²) < 4.78 is 0. The molecule has 1 fully saturated rings. The molecule has 6 heteroatoms. The van der Waals surface area contributed by atoms with Crippen LogP contribution in [0.2, 0.25) is 0 Å². The SMILES string of the molecule is Cl.O=C(CNCC1CC1)Nc1nc(-c2ccc3c(c2)CCC3)cs1. The monoisotopic (exact) mass is 363 g/mol. The number of nitrogens with one attached hydrogen (secondary N) is 2. The molecule has 1 aromatic heterocycles. The third kappa shape index (κ3) is 4.15. The summed E-state index contributed by atoms with van der Waals surface area (Å²) in [5.41, 5.74) is 5.02. The van der Waals surface area contributed by atoms with E-state index >= 15 is 0 Å². The zero-order valence-electron chi connectivity index (χ0n) is 13.5. The molecular weight excluding hydrogens is 342 g/mol. The largest absolute Gasteiger partial charge is 0.308 e. The smallest absolute Gasteiger partial charge is 0.240 e. The number of benzene rings is 1. The summed E-state index contributed by atoms with van der Waals surface area (Å²) in [5.74, 6) is 0.773. The Morgan fingerprint density at radius 1 is 1.25 bits per heavy atom. The van der Waals surface area contributed by atoms with Crippen LogP contribution in [-0.4, -0.2) is 24.0 Å². The van der Waals surface area contributed by atoms with Crippen molar-refractivity contribution in [3.63, 3.8) is 0 Å². The Kier molecular flexibility index (Phi) is 5.54. The summed E-state index contributed by atoms with van der Waals surface area (Å²) in [4.78, 5) is 16.5. The van der Waals surface area contributed by atoms with Crippen molar-refractivity contribution in [1.29, 1.82) is 0 Å². The van der Waals surface area contributed by atoms with Gasteiger partial charge in [0.2, 0.25) is 5.91 Å². The molecule has 1 saturated carbocycles. The fourth-order valence-corrected chi connectivity index (χ4v) is 3.81. The highest BCUT2D eigenvalue weighted by molar-refractivity contribution is 7.14. The molecule has 0 saturated heterocycles. The summed E-state index contributed by atoms with van der Waals surface area (Å²) in [7, 11) is 0. The van der Waals surface area contributed by atoms with Gasteiger partial charge in [-0.25, -0.2) is 4.98 Å². The molecule has 4 nitrogen and oxygen atoms in total. The fourth-order valence-electron chi connectivity index (χ4n) is 3.07.